The summed E-state index contributed by atoms with van der Waals surface area (Å²) >= 11 is 6.24. The van der Waals surface area contributed by atoms with Gasteiger partial charge < -0.3 is 13.5 Å². The highest BCUT2D eigenvalue weighted by atomic mass is 35.5. The Hall–Kier alpha value is -3.62. The summed E-state index contributed by atoms with van der Waals surface area (Å²) in [5.41, 5.74) is 0.744. The maximum absolute atomic E-state index is 13.4. The van der Waals surface area contributed by atoms with Crippen LogP contribution in [0.25, 0.3) is 0 Å². The van der Waals surface area contributed by atoms with Crippen molar-refractivity contribution in [3.05, 3.63) is 119 Å². The molecule has 9 heteroatoms. The van der Waals surface area contributed by atoms with Crippen molar-refractivity contribution < 1.29 is 26.2 Å². The highest BCUT2D eigenvalue weighted by Gasteiger charge is 2.23. The average molecular weight is 500 g/mol. The predicted molar refractivity (Wildman–Crippen MR) is 124 cm³/mol. The van der Waals surface area contributed by atoms with Crippen LogP contribution < -0.4 is 4.18 Å². The van der Waals surface area contributed by atoms with Gasteiger partial charge in [0.15, 0.2) is 0 Å². The highest BCUT2D eigenvalue weighted by Crippen LogP contribution is 2.27. The van der Waals surface area contributed by atoms with Crippen molar-refractivity contribution in [1.82, 2.24) is 4.90 Å². The van der Waals surface area contributed by atoms with E-state index in [-0.39, 0.29) is 29.6 Å². The molecule has 1 aromatic heterocycles. The molecule has 0 aliphatic heterocycles. The topological polar surface area (TPSA) is 76.8 Å². The van der Waals surface area contributed by atoms with Crippen LogP contribution >= 0.6 is 11.6 Å². The van der Waals surface area contributed by atoms with E-state index < -0.39 is 15.9 Å². The third-order valence-electron chi connectivity index (χ3n) is 4.95. The monoisotopic (exact) mass is 499 g/mol. The molecule has 0 fully saturated rings. The fourth-order valence-electron chi connectivity index (χ4n) is 3.28. The lowest BCUT2D eigenvalue weighted by atomic mass is 10.1. The Balaban J connectivity index is 1.65. The van der Waals surface area contributed by atoms with Crippen molar-refractivity contribution >= 4 is 27.6 Å². The van der Waals surface area contributed by atoms with E-state index in [4.69, 9.17) is 20.2 Å². The molecule has 0 spiro atoms. The molecule has 4 rings (SSSR count). The van der Waals surface area contributed by atoms with Crippen molar-refractivity contribution in [2.75, 3.05) is 0 Å². The van der Waals surface area contributed by atoms with Crippen LogP contribution in [0.15, 0.2) is 101 Å². The number of hydrogen-bond donors (Lipinski definition) is 0. The Morgan fingerprint density at radius 2 is 1.62 bits per heavy atom. The SMILES string of the molecule is O=C(c1ccccc1Cl)N(Cc1ccco1)Cc1ccccc1OS(=O)(=O)c1ccc(F)cc1. The Labute approximate surface area is 201 Å². The van der Waals surface area contributed by atoms with Crippen LogP contribution in [-0.2, 0) is 23.2 Å². The standard InChI is InChI=1S/C25H19ClFNO5S/c26-23-9-3-2-8-22(23)25(29)28(17-20-7-5-15-32-20)16-18-6-1-4-10-24(18)33-34(30,31)21-13-11-19(27)12-14-21/h1-15H,16-17H2. The summed E-state index contributed by atoms with van der Waals surface area (Å²) in [6, 6.07) is 20.9. The number of nitrogens with zero attached hydrogens (tertiary/aromatic N) is 1. The van der Waals surface area contributed by atoms with Gasteiger partial charge in [-0.15, -0.1) is 0 Å². The van der Waals surface area contributed by atoms with Crippen molar-refractivity contribution in [3.63, 3.8) is 0 Å². The number of furan rings is 1. The summed E-state index contributed by atoms with van der Waals surface area (Å²) in [4.78, 5) is 14.6. The summed E-state index contributed by atoms with van der Waals surface area (Å²) in [5, 5.41) is 0.292. The van der Waals surface area contributed by atoms with Gasteiger partial charge in [0.05, 0.1) is 29.9 Å². The number of carbonyl (C=O) groups is 1. The van der Waals surface area contributed by atoms with Gasteiger partial charge in [-0.2, -0.15) is 8.42 Å². The summed E-state index contributed by atoms with van der Waals surface area (Å²) in [7, 11) is -4.23. The van der Waals surface area contributed by atoms with Gasteiger partial charge in [-0.1, -0.05) is 41.9 Å². The lowest BCUT2D eigenvalue weighted by Gasteiger charge is -2.23. The van der Waals surface area contributed by atoms with Gasteiger partial charge in [-0.25, -0.2) is 4.39 Å². The minimum Gasteiger partial charge on any atom is -0.467 e. The second-order valence-corrected chi connectivity index (χ2v) is 9.27. The first-order chi connectivity index (χ1) is 16.3. The van der Waals surface area contributed by atoms with Crippen LogP contribution in [0.3, 0.4) is 0 Å². The molecule has 1 heterocycles. The van der Waals surface area contributed by atoms with Crippen LogP contribution in [0.1, 0.15) is 21.7 Å². The maximum Gasteiger partial charge on any atom is 0.339 e. The molecule has 0 aliphatic carbocycles. The van der Waals surface area contributed by atoms with E-state index in [0.29, 0.717) is 21.9 Å². The van der Waals surface area contributed by atoms with E-state index in [0.717, 1.165) is 24.3 Å². The van der Waals surface area contributed by atoms with Gasteiger partial charge in [0.25, 0.3) is 5.91 Å². The molecule has 0 atom stereocenters. The summed E-state index contributed by atoms with van der Waals surface area (Å²) < 4.78 is 49.5. The molecular weight excluding hydrogens is 481 g/mol. The summed E-state index contributed by atoms with van der Waals surface area (Å²) in [5.74, 6) is -0.342. The zero-order valence-electron chi connectivity index (χ0n) is 17.7. The number of carbonyl (C=O) groups excluding carboxylic acids is 1. The van der Waals surface area contributed by atoms with Crippen molar-refractivity contribution in [3.8, 4) is 5.75 Å². The molecule has 0 aliphatic rings. The molecule has 4 aromatic rings. The third-order valence-corrected chi connectivity index (χ3v) is 6.53. The number of hydrogen-bond acceptors (Lipinski definition) is 5. The molecule has 0 saturated heterocycles. The van der Waals surface area contributed by atoms with E-state index >= 15 is 0 Å². The quantitative estimate of drug-likeness (QED) is 0.291. The highest BCUT2D eigenvalue weighted by molar-refractivity contribution is 7.87. The lowest BCUT2D eigenvalue weighted by molar-refractivity contribution is 0.0717. The molecule has 0 saturated carbocycles. The van der Waals surface area contributed by atoms with Crippen LogP contribution in [0.5, 0.6) is 5.75 Å². The van der Waals surface area contributed by atoms with Crippen molar-refractivity contribution in [2.45, 2.75) is 18.0 Å². The van der Waals surface area contributed by atoms with E-state index in [1.54, 1.807) is 54.6 Å². The number of halogens is 2. The minimum atomic E-state index is -4.23. The molecule has 0 bridgehead atoms. The zero-order valence-corrected chi connectivity index (χ0v) is 19.3. The molecule has 0 N–H and O–H groups in total. The molecule has 6 nitrogen and oxygen atoms in total. The van der Waals surface area contributed by atoms with Gasteiger partial charge in [0.2, 0.25) is 0 Å². The van der Waals surface area contributed by atoms with Crippen LogP contribution in [-0.4, -0.2) is 19.2 Å². The second kappa shape index (κ2) is 10.1. The number of rotatable bonds is 8. The number of benzene rings is 3. The Kier molecular flexibility index (Phi) is 7.00. The lowest BCUT2D eigenvalue weighted by Crippen LogP contribution is -2.30. The third kappa shape index (κ3) is 5.47. The fraction of sp³-hybridized carbons (Fsp3) is 0.0800. The molecule has 1 amide bonds. The second-order valence-electron chi connectivity index (χ2n) is 7.32. The van der Waals surface area contributed by atoms with Crippen LogP contribution in [0.2, 0.25) is 5.02 Å². The largest absolute Gasteiger partial charge is 0.467 e. The van der Waals surface area contributed by atoms with Crippen LogP contribution in [0, 0.1) is 5.82 Å². The zero-order chi connectivity index (χ0) is 24.1. The first kappa shape index (κ1) is 23.5. The number of amides is 1. The van der Waals surface area contributed by atoms with E-state index in [1.165, 1.54) is 17.2 Å². The van der Waals surface area contributed by atoms with Crippen molar-refractivity contribution in [2.24, 2.45) is 0 Å². The van der Waals surface area contributed by atoms with Gasteiger partial charge in [-0.05, 0) is 54.6 Å². The Morgan fingerprint density at radius 3 is 2.32 bits per heavy atom. The Bertz CT molecular complexity index is 1390. The minimum absolute atomic E-state index is 0.0138. The van der Waals surface area contributed by atoms with Crippen molar-refractivity contribution in [1.29, 1.82) is 0 Å². The molecule has 34 heavy (non-hydrogen) atoms. The summed E-state index contributed by atoms with van der Waals surface area (Å²) in [6.07, 6.45) is 1.50. The van der Waals surface area contributed by atoms with Gasteiger partial charge >= 0.3 is 10.1 Å². The van der Waals surface area contributed by atoms with Gasteiger partial charge in [0.1, 0.15) is 22.2 Å². The number of para-hydroxylation sites is 1. The van der Waals surface area contributed by atoms with Gasteiger partial charge in [-0.3, -0.25) is 4.79 Å². The van der Waals surface area contributed by atoms with E-state index in [1.807, 2.05) is 0 Å². The van der Waals surface area contributed by atoms with Crippen LogP contribution in [0.4, 0.5) is 4.39 Å². The first-order valence-corrected chi connectivity index (χ1v) is 12.0. The summed E-state index contributed by atoms with van der Waals surface area (Å²) in [6.45, 7) is 0.135. The normalized spacial score (nSPS) is 11.2. The smallest absolute Gasteiger partial charge is 0.339 e. The van der Waals surface area contributed by atoms with Gasteiger partial charge in [0, 0.05) is 5.56 Å². The molecule has 3 aromatic carbocycles. The average Bonchev–Trinajstić information content (AvgIpc) is 3.33. The maximum atomic E-state index is 13.4. The molecule has 174 valence electrons. The Morgan fingerprint density at radius 1 is 0.912 bits per heavy atom. The molecular formula is C25H19ClFNO5S. The van der Waals surface area contributed by atoms with E-state index in [9.17, 15) is 17.6 Å². The molecule has 0 radical (unpaired) electrons. The fourth-order valence-corrected chi connectivity index (χ4v) is 4.47. The molecule has 0 unspecified atom stereocenters. The predicted octanol–water partition coefficient (Wildman–Crippen LogP) is 5.68. The van der Waals surface area contributed by atoms with E-state index in [2.05, 4.69) is 0 Å². The first-order valence-electron chi connectivity index (χ1n) is 10.2.